The van der Waals surface area contributed by atoms with Crippen LogP contribution >= 0.6 is 11.3 Å². The highest BCUT2D eigenvalue weighted by Crippen LogP contribution is 2.44. The summed E-state index contributed by atoms with van der Waals surface area (Å²) in [6.45, 7) is 21.9. The lowest BCUT2D eigenvalue weighted by Crippen LogP contribution is -2.40. The molecule has 0 amide bonds. The minimum Gasteiger partial charge on any atom is -0.462 e. The lowest BCUT2D eigenvalue weighted by atomic mass is 9.92. The summed E-state index contributed by atoms with van der Waals surface area (Å²) in [6.07, 6.45) is 6.64. The van der Waals surface area contributed by atoms with E-state index in [0.29, 0.717) is 57.4 Å². The van der Waals surface area contributed by atoms with Crippen molar-refractivity contribution in [2.45, 2.75) is 105 Å². The Kier molecular flexibility index (Phi) is 14.3. The maximum Gasteiger partial charge on any atom is 0.319 e. The van der Waals surface area contributed by atoms with E-state index in [2.05, 4.69) is 64.1 Å². The summed E-state index contributed by atoms with van der Waals surface area (Å²) < 4.78 is 38.8. The molecule has 3 unspecified atom stereocenters. The number of fused-ring (bicyclic) bond motifs is 2. The number of likely N-dealkylation sites (tertiary alicyclic amines) is 1. The molecule has 0 saturated carbocycles. The van der Waals surface area contributed by atoms with Crippen molar-refractivity contribution in [3.05, 3.63) is 59.0 Å². The van der Waals surface area contributed by atoms with Crippen LogP contribution in [-0.4, -0.2) is 59.5 Å². The molecule has 3 heterocycles. The number of nitrogens with zero attached hydrogens (tertiary/aromatic N) is 5. The fraction of sp³-hybridized carbons (Fsp3) is 0.524. The number of benzene rings is 2. The first-order valence-corrected chi connectivity index (χ1v) is 19.5. The third-order valence-corrected chi connectivity index (χ3v) is 11.8. The van der Waals surface area contributed by atoms with Gasteiger partial charge in [-0.15, -0.1) is 11.3 Å². The molecular weight excluding hydrogens is 677 g/mol. The van der Waals surface area contributed by atoms with Gasteiger partial charge in [-0.3, -0.25) is 4.79 Å². The second kappa shape index (κ2) is 18.2. The molecule has 1 fully saturated rings. The van der Waals surface area contributed by atoms with Gasteiger partial charge in [0.15, 0.2) is 11.6 Å². The van der Waals surface area contributed by atoms with Crippen LogP contribution in [0.25, 0.3) is 32.1 Å². The third-order valence-electron chi connectivity index (χ3n) is 10.3. The third kappa shape index (κ3) is 8.98. The number of thiophene rings is 1. The molecule has 52 heavy (non-hydrogen) atoms. The Balaban J connectivity index is 0.00000113. The first-order valence-electron chi connectivity index (χ1n) is 18.7. The molecule has 1 aliphatic heterocycles. The van der Waals surface area contributed by atoms with Gasteiger partial charge in [0.2, 0.25) is 0 Å². The molecule has 0 bridgehead atoms. The van der Waals surface area contributed by atoms with Gasteiger partial charge in [0.05, 0.1) is 10.3 Å². The Morgan fingerprint density at radius 1 is 1.13 bits per heavy atom. The SMILES string of the molecule is C=CC(C)=O.CCC(C)CCC(C(C)C)N(CC)c1nc(OCC2CCCN2C)nc2c(F)c(-c3ccc(F)c4sc(C(C)C)c(C#N)c34)ccc12. The smallest absolute Gasteiger partial charge is 0.319 e. The predicted molar refractivity (Wildman–Crippen MR) is 211 cm³/mol. The molecule has 2 aromatic carbocycles. The summed E-state index contributed by atoms with van der Waals surface area (Å²) in [4.78, 5) is 24.7. The summed E-state index contributed by atoms with van der Waals surface area (Å²) >= 11 is 1.27. The van der Waals surface area contributed by atoms with Crippen LogP contribution < -0.4 is 9.64 Å². The Hall–Kier alpha value is -3.94. The highest BCUT2D eigenvalue weighted by Gasteiger charge is 2.29. The van der Waals surface area contributed by atoms with Gasteiger partial charge in [-0.25, -0.2) is 8.78 Å². The number of hydrogen-bond acceptors (Lipinski definition) is 8. The number of halogens is 2. The molecule has 5 rings (SSSR count). The van der Waals surface area contributed by atoms with E-state index in [0.717, 1.165) is 43.5 Å². The van der Waals surface area contributed by atoms with Gasteiger partial charge in [-0.2, -0.15) is 15.2 Å². The minimum atomic E-state index is -0.528. The number of hydrogen-bond donors (Lipinski definition) is 0. The lowest BCUT2D eigenvalue weighted by Gasteiger charge is -2.36. The normalized spacial score (nSPS) is 15.8. The lowest BCUT2D eigenvalue weighted by molar-refractivity contribution is -0.112. The number of aromatic nitrogens is 2. The molecular formula is C42H55F2N5O2S. The highest BCUT2D eigenvalue weighted by atomic mass is 32.1. The number of ether oxygens (including phenoxy) is 1. The first-order chi connectivity index (χ1) is 24.8. The predicted octanol–water partition coefficient (Wildman–Crippen LogP) is 10.7. The zero-order valence-electron chi connectivity index (χ0n) is 32.4. The van der Waals surface area contributed by atoms with Crippen LogP contribution in [0.15, 0.2) is 36.9 Å². The van der Waals surface area contributed by atoms with Gasteiger partial charge < -0.3 is 14.5 Å². The molecule has 2 aromatic heterocycles. The van der Waals surface area contributed by atoms with Gasteiger partial charge in [0.25, 0.3) is 0 Å². The summed E-state index contributed by atoms with van der Waals surface area (Å²) in [5, 5.41) is 11.2. The molecule has 0 aliphatic carbocycles. The maximum atomic E-state index is 17.0. The molecule has 4 aromatic rings. The molecule has 1 aliphatic rings. The Morgan fingerprint density at radius 2 is 1.83 bits per heavy atom. The molecule has 7 nitrogen and oxygen atoms in total. The van der Waals surface area contributed by atoms with E-state index in [4.69, 9.17) is 14.7 Å². The molecule has 0 spiro atoms. The van der Waals surface area contributed by atoms with Crippen LogP contribution in [0.3, 0.4) is 0 Å². The van der Waals surface area contributed by atoms with Crippen molar-refractivity contribution < 1.29 is 18.3 Å². The summed E-state index contributed by atoms with van der Waals surface area (Å²) in [7, 11) is 2.09. The zero-order chi connectivity index (χ0) is 38.3. The summed E-state index contributed by atoms with van der Waals surface area (Å²) in [5.74, 6) is 0.726. The van der Waals surface area contributed by atoms with Crippen molar-refractivity contribution in [2.75, 3.05) is 31.6 Å². The van der Waals surface area contributed by atoms with Crippen LogP contribution in [0.2, 0.25) is 0 Å². The summed E-state index contributed by atoms with van der Waals surface area (Å²) in [5.41, 5.74) is 1.33. The Labute approximate surface area is 312 Å². The molecule has 280 valence electrons. The van der Waals surface area contributed by atoms with Gasteiger partial charge in [0, 0.05) is 39.8 Å². The molecule has 0 radical (unpaired) electrons. The number of allylic oxidation sites excluding steroid dienone is 1. The zero-order valence-corrected chi connectivity index (χ0v) is 33.2. The number of anilines is 1. The van der Waals surface area contributed by atoms with E-state index in [9.17, 15) is 10.1 Å². The topological polar surface area (TPSA) is 82.4 Å². The second-order valence-corrected chi connectivity index (χ2v) is 15.7. The van der Waals surface area contributed by atoms with Gasteiger partial charge in [0.1, 0.15) is 29.8 Å². The molecule has 1 saturated heterocycles. The number of carbonyl (C=O) groups excluding carboxylic acids is 1. The fourth-order valence-electron chi connectivity index (χ4n) is 6.96. The van der Waals surface area contributed by atoms with Gasteiger partial charge >= 0.3 is 6.01 Å². The molecule has 0 N–H and O–H groups in total. The first kappa shape index (κ1) is 40.8. The number of likely N-dealkylation sites (N-methyl/N-ethyl adjacent to an activating group) is 1. The summed E-state index contributed by atoms with van der Waals surface area (Å²) in [6, 6.07) is 9.45. The quantitative estimate of drug-likeness (QED) is 0.119. The van der Waals surface area contributed by atoms with Gasteiger partial charge in [-0.1, -0.05) is 66.7 Å². The van der Waals surface area contributed by atoms with Crippen molar-refractivity contribution in [3.63, 3.8) is 0 Å². The van der Waals surface area contributed by atoms with E-state index in [-0.39, 0.29) is 40.9 Å². The highest BCUT2D eigenvalue weighted by molar-refractivity contribution is 7.19. The van der Waals surface area contributed by atoms with Crippen molar-refractivity contribution in [3.8, 4) is 23.2 Å². The van der Waals surface area contributed by atoms with E-state index in [1.165, 1.54) is 30.4 Å². The maximum absolute atomic E-state index is 17.0. The largest absolute Gasteiger partial charge is 0.462 e. The van der Waals surface area contributed by atoms with Crippen molar-refractivity contribution >= 4 is 43.9 Å². The van der Waals surface area contributed by atoms with E-state index >= 15 is 8.78 Å². The number of nitriles is 1. The van der Waals surface area contributed by atoms with Gasteiger partial charge in [-0.05, 0) is 94.6 Å². The monoisotopic (exact) mass is 731 g/mol. The molecule has 3 atom stereocenters. The van der Waals surface area contributed by atoms with E-state index in [1.54, 1.807) is 12.1 Å². The van der Waals surface area contributed by atoms with Crippen molar-refractivity contribution in [1.82, 2.24) is 14.9 Å². The van der Waals surface area contributed by atoms with Crippen LogP contribution in [0.1, 0.15) is 104 Å². The van der Waals surface area contributed by atoms with E-state index in [1.807, 2.05) is 19.9 Å². The second-order valence-electron chi connectivity index (χ2n) is 14.7. The molecule has 10 heteroatoms. The Bertz CT molecular complexity index is 1920. The average Bonchev–Trinajstić information content (AvgIpc) is 3.73. The average molecular weight is 732 g/mol. The standard InChI is InChI=1S/C38H49F2N5OS.C4H6O/c1-9-24(7)13-18-31(22(3)4)45(10-2)37-28-15-14-27(26-16-17-30(39)36-32(26)29(20-41)35(47-36)23(5)6)33(40)34(28)42-38(43-37)46-21-25-12-11-19-44(25)8;1-3-4(2)5/h14-17,22-25,31H,9-13,18-19,21H2,1-8H3;3H,1H2,2H3. The number of carbonyl (C=O) groups is 1. The van der Waals surface area contributed by atoms with Crippen molar-refractivity contribution in [2.24, 2.45) is 11.8 Å². The van der Waals surface area contributed by atoms with E-state index < -0.39 is 11.6 Å². The van der Waals surface area contributed by atoms with Crippen LogP contribution in [0, 0.1) is 34.8 Å². The van der Waals surface area contributed by atoms with Crippen LogP contribution in [-0.2, 0) is 4.79 Å². The minimum absolute atomic E-state index is 0.0185. The number of ketones is 1. The van der Waals surface area contributed by atoms with Crippen LogP contribution in [0.4, 0.5) is 14.6 Å². The number of rotatable bonds is 14. The van der Waals surface area contributed by atoms with Crippen molar-refractivity contribution in [1.29, 1.82) is 5.26 Å². The Morgan fingerprint density at radius 3 is 2.38 bits per heavy atom. The van der Waals surface area contributed by atoms with Crippen LogP contribution in [0.5, 0.6) is 6.01 Å². The fourth-order valence-corrected chi connectivity index (χ4v) is 8.14.